The van der Waals surface area contributed by atoms with Crippen LogP contribution in [0.1, 0.15) is 25.3 Å². The van der Waals surface area contributed by atoms with Gasteiger partial charge in [-0.3, -0.25) is 9.69 Å². The second kappa shape index (κ2) is 18.9. The zero-order valence-electron chi connectivity index (χ0n) is 21.9. The highest BCUT2D eigenvalue weighted by atomic mass is 32.2. The van der Waals surface area contributed by atoms with Crippen LogP contribution in [0.25, 0.3) is 0 Å². The van der Waals surface area contributed by atoms with E-state index in [-0.39, 0.29) is 37.8 Å². The molecule has 13 nitrogen and oxygen atoms in total. The predicted molar refractivity (Wildman–Crippen MR) is 142 cm³/mol. The van der Waals surface area contributed by atoms with Crippen LogP contribution < -0.4 is 4.74 Å². The minimum Gasteiger partial charge on any atom is -0.492 e. The van der Waals surface area contributed by atoms with E-state index in [0.717, 1.165) is 5.56 Å². The van der Waals surface area contributed by atoms with Gasteiger partial charge in [-0.2, -0.15) is 0 Å². The highest BCUT2D eigenvalue weighted by molar-refractivity contribution is 8.12. The van der Waals surface area contributed by atoms with Crippen molar-refractivity contribution < 1.29 is 60.6 Å². The van der Waals surface area contributed by atoms with Gasteiger partial charge in [-0.05, 0) is 17.7 Å². The van der Waals surface area contributed by atoms with Crippen LogP contribution in [0.4, 0.5) is 0 Å². The maximum atomic E-state index is 11.1. The van der Waals surface area contributed by atoms with Gasteiger partial charge in [0, 0.05) is 45.2 Å². The van der Waals surface area contributed by atoms with Gasteiger partial charge in [0.1, 0.15) is 24.6 Å². The van der Waals surface area contributed by atoms with Gasteiger partial charge in [-0.15, -0.1) is 0 Å². The first-order chi connectivity index (χ1) is 18.4. The third kappa shape index (κ3) is 14.2. The van der Waals surface area contributed by atoms with E-state index < -0.39 is 68.5 Å². The highest BCUT2D eigenvalue weighted by Crippen LogP contribution is 2.18. The summed E-state index contributed by atoms with van der Waals surface area (Å²) in [5.74, 6) is 1.04. The maximum absolute atomic E-state index is 11.1. The van der Waals surface area contributed by atoms with Crippen molar-refractivity contribution in [1.82, 2.24) is 4.90 Å². The van der Waals surface area contributed by atoms with Gasteiger partial charge in [0.2, 0.25) is 0 Å². The molecule has 14 heteroatoms. The van der Waals surface area contributed by atoms with Crippen LogP contribution in [-0.4, -0.2) is 149 Å². The molecule has 0 heterocycles. The number of ether oxygens (including phenoxy) is 1. The Labute approximate surface area is 231 Å². The zero-order valence-corrected chi connectivity index (χ0v) is 22.8. The Hall–Kier alpha value is -1.40. The normalized spacial score (nSPS) is 18.2. The van der Waals surface area contributed by atoms with Crippen molar-refractivity contribution in [3.63, 3.8) is 0 Å². The molecule has 0 aliphatic rings. The number of rotatable bonds is 20. The van der Waals surface area contributed by atoms with Gasteiger partial charge in [0.15, 0.2) is 5.12 Å². The zero-order chi connectivity index (χ0) is 29.5. The Balaban J connectivity index is 2.80. The molecule has 0 aliphatic carbocycles. The number of carbonyl (C=O) groups is 1. The lowest BCUT2D eigenvalue weighted by atomic mass is 10.0. The lowest BCUT2D eigenvalue weighted by Gasteiger charge is -2.32. The standard InChI is InChI=1S/C25H43NO12S/c1-15(29)39-14-16-2-4-18(5-3-16)38-7-6-26(10-22(34)19(31)9-20(32)24(36)13-28)11-23(35)25(37)21(33)8-17(30)12-27/h2-5,17,19-25,27-28,30-37H,6-14H2,1H3/t17-,19-,20-,21+,22-,23-,24+,25-/m0/s1. The number of carbonyl (C=O) groups excluding carboxylic acids is 1. The summed E-state index contributed by atoms with van der Waals surface area (Å²) in [5, 5.41) is 98.2. The maximum Gasteiger partial charge on any atom is 0.186 e. The number of aliphatic hydroxyl groups is 10. The molecular weight excluding hydrogens is 538 g/mol. The summed E-state index contributed by atoms with van der Waals surface area (Å²) in [6.07, 6.45) is -12.9. The molecule has 8 atom stereocenters. The Kier molecular flexibility index (Phi) is 17.2. The van der Waals surface area contributed by atoms with Crippen LogP contribution in [-0.2, 0) is 10.5 Å². The van der Waals surface area contributed by atoms with E-state index in [4.69, 9.17) is 14.9 Å². The van der Waals surface area contributed by atoms with Crippen molar-refractivity contribution in [3.8, 4) is 5.75 Å². The summed E-state index contributed by atoms with van der Waals surface area (Å²) < 4.78 is 5.71. The summed E-state index contributed by atoms with van der Waals surface area (Å²) in [5.41, 5.74) is 0.928. The van der Waals surface area contributed by atoms with Crippen molar-refractivity contribution in [3.05, 3.63) is 29.8 Å². The Morgan fingerprint density at radius 1 is 0.795 bits per heavy atom. The summed E-state index contributed by atoms with van der Waals surface area (Å²) in [6.45, 7) is -0.282. The van der Waals surface area contributed by atoms with Crippen molar-refractivity contribution in [1.29, 1.82) is 0 Å². The summed E-state index contributed by atoms with van der Waals surface area (Å²) >= 11 is 1.18. The van der Waals surface area contributed by atoms with Gasteiger partial charge < -0.3 is 55.8 Å². The lowest BCUT2D eigenvalue weighted by Crippen LogP contribution is -2.50. The van der Waals surface area contributed by atoms with Gasteiger partial charge in [-0.25, -0.2) is 0 Å². The first kappa shape index (κ1) is 35.6. The second-order valence-electron chi connectivity index (χ2n) is 9.42. The third-order valence-corrected chi connectivity index (χ3v) is 6.89. The third-order valence-electron chi connectivity index (χ3n) is 6.00. The first-order valence-corrected chi connectivity index (χ1v) is 13.6. The monoisotopic (exact) mass is 581 g/mol. The summed E-state index contributed by atoms with van der Waals surface area (Å²) in [4.78, 5) is 12.6. The number of benzene rings is 1. The molecule has 1 aromatic carbocycles. The average molecular weight is 582 g/mol. The quantitative estimate of drug-likeness (QED) is 0.0731. The van der Waals surface area contributed by atoms with E-state index in [0.29, 0.717) is 11.5 Å². The predicted octanol–water partition coefficient (Wildman–Crippen LogP) is -3.20. The second-order valence-corrected chi connectivity index (χ2v) is 10.6. The fraction of sp³-hybridized carbons (Fsp3) is 0.720. The van der Waals surface area contributed by atoms with E-state index in [1.54, 1.807) is 24.3 Å². The van der Waals surface area contributed by atoms with E-state index in [2.05, 4.69) is 0 Å². The number of thioether (sulfide) groups is 1. The molecule has 0 saturated heterocycles. The van der Waals surface area contributed by atoms with Crippen LogP contribution in [0.15, 0.2) is 24.3 Å². The van der Waals surface area contributed by atoms with Crippen LogP contribution >= 0.6 is 11.8 Å². The molecule has 39 heavy (non-hydrogen) atoms. The van der Waals surface area contributed by atoms with Gasteiger partial charge >= 0.3 is 0 Å². The van der Waals surface area contributed by atoms with Crippen molar-refractivity contribution >= 4 is 16.9 Å². The van der Waals surface area contributed by atoms with Gasteiger partial charge in [0.25, 0.3) is 0 Å². The minimum atomic E-state index is -1.70. The van der Waals surface area contributed by atoms with E-state index in [1.807, 2.05) is 0 Å². The number of hydrogen-bond acceptors (Lipinski definition) is 14. The van der Waals surface area contributed by atoms with Crippen molar-refractivity contribution in [2.45, 2.75) is 74.3 Å². The van der Waals surface area contributed by atoms with Gasteiger partial charge in [0.05, 0.1) is 49.8 Å². The summed E-state index contributed by atoms with van der Waals surface area (Å²) in [7, 11) is 0. The molecular formula is C25H43NO12S. The van der Waals surface area contributed by atoms with Crippen LogP contribution in [0, 0.1) is 0 Å². The van der Waals surface area contributed by atoms with E-state index >= 15 is 0 Å². The minimum absolute atomic E-state index is 0.00575. The molecule has 0 aromatic heterocycles. The van der Waals surface area contributed by atoms with Crippen LogP contribution in [0.3, 0.4) is 0 Å². The van der Waals surface area contributed by atoms with Crippen molar-refractivity contribution in [2.24, 2.45) is 0 Å². The Bertz CT molecular complexity index is 804. The molecule has 1 rings (SSSR count). The van der Waals surface area contributed by atoms with Crippen molar-refractivity contribution in [2.75, 3.05) is 39.5 Å². The smallest absolute Gasteiger partial charge is 0.186 e. The molecule has 0 bridgehead atoms. The molecule has 0 amide bonds. The topological polar surface area (TPSA) is 232 Å². The largest absolute Gasteiger partial charge is 0.492 e. The Morgan fingerprint density at radius 2 is 1.38 bits per heavy atom. The summed E-state index contributed by atoms with van der Waals surface area (Å²) in [6, 6.07) is 7.04. The molecule has 226 valence electrons. The average Bonchev–Trinajstić information content (AvgIpc) is 2.90. The van der Waals surface area contributed by atoms with Crippen LogP contribution in [0.2, 0.25) is 0 Å². The fourth-order valence-electron chi connectivity index (χ4n) is 3.61. The van der Waals surface area contributed by atoms with Gasteiger partial charge in [-0.1, -0.05) is 23.9 Å². The molecule has 1 aromatic rings. The molecule has 0 unspecified atom stereocenters. The van der Waals surface area contributed by atoms with Crippen LogP contribution in [0.5, 0.6) is 5.75 Å². The first-order valence-electron chi connectivity index (χ1n) is 12.6. The molecule has 0 fully saturated rings. The van der Waals surface area contributed by atoms with E-state index in [9.17, 15) is 45.6 Å². The number of aliphatic hydroxyl groups excluding tert-OH is 10. The molecule has 0 aliphatic heterocycles. The molecule has 0 saturated carbocycles. The SMILES string of the molecule is CC(=O)SCc1ccc(OCCN(C[C@H](O)[C@@H](O)[C@H](O)C[C@H](O)CO)C[C@H](O)[C@@H](O)C[C@H](O)[C@H](O)CO)cc1. The highest BCUT2D eigenvalue weighted by Gasteiger charge is 2.30. The number of hydrogen-bond donors (Lipinski definition) is 10. The molecule has 0 radical (unpaired) electrons. The van der Waals surface area contributed by atoms with E-state index in [1.165, 1.54) is 23.6 Å². The lowest BCUT2D eigenvalue weighted by molar-refractivity contribution is -0.109. The number of nitrogens with zero attached hydrogens (tertiary/aromatic N) is 1. The molecule has 10 N–H and O–H groups in total. The Morgan fingerprint density at radius 3 is 1.95 bits per heavy atom. The fourth-order valence-corrected chi connectivity index (χ4v) is 4.17. The molecule has 0 spiro atoms.